The first-order valence-electron chi connectivity index (χ1n) is 7.65. The summed E-state index contributed by atoms with van der Waals surface area (Å²) in [6.45, 7) is 2.24. The molecule has 0 spiro atoms. The van der Waals surface area contributed by atoms with Crippen molar-refractivity contribution in [2.24, 2.45) is 5.92 Å². The number of aromatic nitrogens is 2. The highest BCUT2D eigenvalue weighted by molar-refractivity contribution is 5.51. The molecule has 6 heteroatoms. The van der Waals surface area contributed by atoms with Crippen LogP contribution in [0.5, 0.6) is 0 Å². The molecule has 2 N–H and O–H groups in total. The Labute approximate surface area is 129 Å². The zero-order valence-electron chi connectivity index (χ0n) is 12.4. The molecule has 1 aromatic carbocycles. The highest BCUT2D eigenvalue weighted by atomic mass is 16.5. The molecule has 0 bridgehead atoms. The van der Waals surface area contributed by atoms with Crippen molar-refractivity contribution in [2.75, 3.05) is 19.7 Å². The minimum Gasteiger partial charge on any atom is -0.394 e. The monoisotopic (exact) mass is 303 g/mol. The molecule has 0 radical (unpaired) electrons. The second-order valence-electron chi connectivity index (χ2n) is 5.75. The topological polar surface area (TPSA) is 82.6 Å². The van der Waals surface area contributed by atoms with Gasteiger partial charge in [-0.25, -0.2) is 0 Å². The van der Waals surface area contributed by atoms with E-state index < -0.39 is 6.10 Å². The average molecular weight is 303 g/mol. The quantitative estimate of drug-likeness (QED) is 0.866. The summed E-state index contributed by atoms with van der Waals surface area (Å²) in [6.07, 6.45) is 1.16. The van der Waals surface area contributed by atoms with Crippen LogP contribution in [0.15, 0.2) is 34.9 Å². The van der Waals surface area contributed by atoms with Crippen LogP contribution in [0.1, 0.15) is 18.7 Å². The van der Waals surface area contributed by atoms with Gasteiger partial charge in [-0.2, -0.15) is 4.98 Å². The van der Waals surface area contributed by atoms with Crippen LogP contribution < -0.4 is 0 Å². The molecule has 0 amide bonds. The first-order chi connectivity index (χ1) is 10.8. The molecule has 3 rings (SSSR count). The van der Waals surface area contributed by atoms with E-state index in [1.807, 2.05) is 30.3 Å². The average Bonchev–Trinajstić information content (AvgIpc) is 3.04. The molecule has 1 saturated heterocycles. The van der Waals surface area contributed by atoms with Crippen molar-refractivity contribution in [3.63, 3.8) is 0 Å². The summed E-state index contributed by atoms with van der Waals surface area (Å²) in [5.74, 6) is 1.41. The Morgan fingerprint density at radius 3 is 2.64 bits per heavy atom. The van der Waals surface area contributed by atoms with Gasteiger partial charge in [0.1, 0.15) is 0 Å². The van der Waals surface area contributed by atoms with Crippen LogP contribution in [0.2, 0.25) is 0 Å². The molecule has 1 aromatic heterocycles. The van der Waals surface area contributed by atoms with Gasteiger partial charge >= 0.3 is 0 Å². The van der Waals surface area contributed by atoms with Gasteiger partial charge in [-0.05, 0) is 44.0 Å². The maximum atomic E-state index is 9.68. The normalized spacial score (nSPS) is 18.5. The summed E-state index contributed by atoms with van der Waals surface area (Å²) in [5, 5.41) is 22.7. The molecule has 1 fully saturated rings. The number of likely N-dealkylation sites (tertiary alicyclic amines) is 1. The van der Waals surface area contributed by atoms with E-state index in [-0.39, 0.29) is 12.5 Å². The van der Waals surface area contributed by atoms with E-state index in [2.05, 4.69) is 15.0 Å². The number of nitrogens with zero attached hydrogens (tertiary/aromatic N) is 3. The molecule has 0 aliphatic carbocycles. The third-order valence-electron chi connectivity index (χ3n) is 4.22. The maximum Gasteiger partial charge on any atom is 0.257 e. The number of rotatable bonds is 5. The third kappa shape index (κ3) is 3.52. The van der Waals surface area contributed by atoms with Crippen LogP contribution in [-0.4, -0.2) is 51.1 Å². The Hall–Kier alpha value is -1.76. The van der Waals surface area contributed by atoms with Gasteiger partial charge < -0.3 is 14.7 Å². The number of aliphatic hydroxyl groups excluding tert-OH is 2. The summed E-state index contributed by atoms with van der Waals surface area (Å²) in [7, 11) is 0. The van der Waals surface area contributed by atoms with Crippen molar-refractivity contribution in [1.29, 1.82) is 0 Å². The summed E-state index contributed by atoms with van der Waals surface area (Å²) >= 11 is 0. The van der Waals surface area contributed by atoms with Crippen LogP contribution in [-0.2, 0) is 6.54 Å². The van der Waals surface area contributed by atoms with Gasteiger partial charge in [-0.3, -0.25) is 4.90 Å². The Bertz CT molecular complexity index is 579. The lowest BCUT2D eigenvalue weighted by Crippen LogP contribution is -2.38. The molecule has 2 aromatic rings. The van der Waals surface area contributed by atoms with Crippen LogP contribution in [0.4, 0.5) is 0 Å². The first-order valence-corrected chi connectivity index (χ1v) is 7.65. The van der Waals surface area contributed by atoms with E-state index in [9.17, 15) is 5.11 Å². The van der Waals surface area contributed by atoms with Crippen LogP contribution >= 0.6 is 0 Å². The summed E-state index contributed by atoms with van der Waals surface area (Å²) in [5.41, 5.74) is 0.922. The van der Waals surface area contributed by atoms with Gasteiger partial charge in [0.15, 0.2) is 5.82 Å². The molecule has 0 saturated carbocycles. The third-order valence-corrected chi connectivity index (χ3v) is 4.22. The number of benzene rings is 1. The first kappa shape index (κ1) is 15.1. The molecule has 6 nitrogen and oxygen atoms in total. The van der Waals surface area contributed by atoms with Crippen molar-refractivity contribution in [3.8, 4) is 11.5 Å². The number of hydrogen-bond donors (Lipinski definition) is 2. The van der Waals surface area contributed by atoms with Gasteiger partial charge in [0.2, 0.25) is 0 Å². The van der Waals surface area contributed by atoms with Crippen molar-refractivity contribution in [3.05, 3.63) is 36.2 Å². The van der Waals surface area contributed by atoms with Gasteiger partial charge in [0, 0.05) is 5.56 Å². The predicted octanol–water partition coefficient (Wildman–Crippen LogP) is 1.30. The van der Waals surface area contributed by atoms with E-state index in [1.54, 1.807) is 0 Å². The van der Waals surface area contributed by atoms with E-state index in [0.29, 0.717) is 18.3 Å². The van der Waals surface area contributed by atoms with E-state index in [1.165, 1.54) is 0 Å². The number of hydrogen-bond acceptors (Lipinski definition) is 6. The fourth-order valence-electron chi connectivity index (χ4n) is 2.86. The molecule has 1 aliphatic rings. The highest BCUT2D eigenvalue weighted by Crippen LogP contribution is 2.22. The van der Waals surface area contributed by atoms with Crippen molar-refractivity contribution < 1.29 is 14.7 Å². The lowest BCUT2D eigenvalue weighted by atomic mass is 9.91. The second kappa shape index (κ2) is 7.00. The van der Waals surface area contributed by atoms with Gasteiger partial charge in [-0.1, -0.05) is 23.4 Å². The Morgan fingerprint density at radius 1 is 1.23 bits per heavy atom. The zero-order chi connectivity index (χ0) is 15.4. The van der Waals surface area contributed by atoms with Crippen LogP contribution in [0, 0.1) is 5.92 Å². The molecule has 2 heterocycles. The lowest BCUT2D eigenvalue weighted by Gasteiger charge is -2.32. The van der Waals surface area contributed by atoms with Crippen LogP contribution in [0.3, 0.4) is 0 Å². The standard InChI is InChI=1S/C16H21N3O3/c20-11-14(21)12-6-8-19(9-7-12)10-15-17-16(22-18-15)13-4-2-1-3-5-13/h1-5,12,14,20-21H,6-11H2. The molecule has 1 atom stereocenters. The Balaban J connectivity index is 1.56. The smallest absolute Gasteiger partial charge is 0.257 e. The minimum absolute atomic E-state index is 0.157. The van der Waals surface area contributed by atoms with Gasteiger partial charge in [0.05, 0.1) is 19.3 Å². The van der Waals surface area contributed by atoms with E-state index in [0.717, 1.165) is 31.5 Å². The van der Waals surface area contributed by atoms with Crippen molar-refractivity contribution in [1.82, 2.24) is 15.0 Å². The number of aliphatic hydroxyl groups is 2. The zero-order valence-corrected chi connectivity index (χ0v) is 12.4. The van der Waals surface area contributed by atoms with E-state index in [4.69, 9.17) is 9.63 Å². The minimum atomic E-state index is -0.600. The number of piperidine rings is 1. The Morgan fingerprint density at radius 2 is 1.95 bits per heavy atom. The second-order valence-corrected chi connectivity index (χ2v) is 5.75. The summed E-state index contributed by atoms with van der Waals surface area (Å²) in [4.78, 5) is 6.69. The lowest BCUT2D eigenvalue weighted by molar-refractivity contribution is 0.0167. The summed E-state index contributed by atoms with van der Waals surface area (Å²) < 4.78 is 5.31. The fraction of sp³-hybridized carbons (Fsp3) is 0.500. The molecule has 22 heavy (non-hydrogen) atoms. The highest BCUT2D eigenvalue weighted by Gasteiger charge is 2.25. The van der Waals surface area contributed by atoms with Crippen molar-refractivity contribution in [2.45, 2.75) is 25.5 Å². The Kier molecular flexibility index (Phi) is 4.82. The fourth-order valence-corrected chi connectivity index (χ4v) is 2.86. The largest absolute Gasteiger partial charge is 0.394 e. The molecular formula is C16H21N3O3. The van der Waals surface area contributed by atoms with Gasteiger partial charge in [0.25, 0.3) is 5.89 Å². The van der Waals surface area contributed by atoms with E-state index >= 15 is 0 Å². The summed E-state index contributed by atoms with van der Waals surface area (Å²) in [6, 6.07) is 9.72. The SMILES string of the molecule is OCC(O)C1CCN(Cc2noc(-c3ccccc3)n2)CC1. The van der Waals surface area contributed by atoms with Crippen molar-refractivity contribution >= 4 is 0 Å². The van der Waals surface area contributed by atoms with Gasteiger partial charge in [-0.15, -0.1) is 0 Å². The molecular weight excluding hydrogens is 282 g/mol. The molecule has 118 valence electrons. The predicted molar refractivity (Wildman–Crippen MR) is 80.8 cm³/mol. The maximum absolute atomic E-state index is 9.68. The van der Waals surface area contributed by atoms with Crippen LogP contribution in [0.25, 0.3) is 11.5 Å². The molecule has 1 unspecified atom stereocenters. The molecule has 1 aliphatic heterocycles.